The molecule has 132 valence electrons. The molecule has 0 radical (unpaired) electrons. The molecule has 0 fully saturated rings. The Hall–Kier alpha value is -1.85. The minimum absolute atomic E-state index is 0.436. The number of aliphatic hydroxyl groups is 1. The zero-order valence-corrected chi connectivity index (χ0v) is 15.4. The van der Waals surface area contributed by atoms with Crippen LogP contribution >= 0.6 is 11.6 Å². The second kappa shape index (κ2) is 6.46. The SMILES string of the molecule is Cc1nc(C)n(C[C@H](O)Cn2c3c(c4cccc(Cl)c42)CCCC3)n1. The zero-order valence-electron chi connectivity index (χ0n) is 14.7. The predicted molar refractivity (Wildman–Crippen MR) is 99.1 cm³/mol. The summed E-state index contributed by atoms with van der Waals surface area (Å²) in [5.74, 6) is 1.56. The Balaban J connectivity index is 1.70. The van der Waals surface area contributed by atoms with Gasteiger partial charge in [-0.25, -0.2) is 9.67 Å². The van der Waals surface area contributed by atoms with Crippen molar-refractivity contribution >= 4 is 22.5 Å². The summed E-state index contributed by atoms with van der Waals surface area (Å²) in [5.41, 5.74) is 3.80. The second-order valence-corrected chi connectivity index (χ2v) is 7.33. The molecule has 1 aliphatic carbocycles. The number of aromatic nitrogens is 4. The molecule has 6 heteroatoms. The van der Waals surface area contributed by atoms with Gasteiger partial charge in [0.05, 0.1) is 29.7 Å². The quantitative estimate of drug-likeness (QED) is 0.777. The highest BCUT2D eigenvalue weighted by Gasteiger charge is 2.23. The van der Waals surface area contributed by atoms with Crippen LogP contribution in [0.25, 0.3) is 10.9 Å². The third-order valence-electron chi connectivity index (χ3n) is 5.09. The van der Waals surface area contributed by atoms with E-state index < -0.39 is 6.10 Å². The van der Waals surface area contributed by atoms with Crippen LogP contribution in [0.3, 0.4) is 0 Å². The smallest absolute Gasteiger partial charge is 0.147 e. The molecule has 0 spiro atoms. The van der Waals surface area contributed by atoms with Gasteiger partial charge in [0.25, 0.3) is 0 Å². The van der Waals surface area contributed by atoms with Crippen LogP contribution in [0.5, 0.6) is 0 Å². The fraction of sp³-hybridized carbons (Fsp3) is 0.474. The number of hydrogen-bond donors (Lipinski definition) is 1. The molecular formula is C19H23ClN4O. The maximum Gasteiger partial charge on any atom is 0.147 e. The molecule has 4 rings (SSSR count). The third-order valence-corrected chi connectivity index (χ3v) is 5.39. The molecule has 1 atom stereocenters. The summed E-state index contributed by atoms with van der Waals surface area (Å²) >= 11 is 6.52. The summed E-state index contributed by atoms with van der Waals surface area (Å²) in [7, 11) is 0. The lowest BCUT2D eigenvalue weighted by Gasteiger charge is -2.19. The van der Waals surface area contributed by atoms with Crippen LogP contribution in [0.4, 0.5) is 0 Å². The number of hydrogen-bond acceptors (Lipinski definition) is 3. The molecule has 1 N–H and O–H groups in total. The fourth-order valence-corrected chi connectivity index (χ4v) is 4.33. The van der Waals surface area contributed by atoms with Gasteiger partial charge in [-0.3, -0.25) is 0 Å². The molecule has 0 unspecified atom stereocenters. The van der Waals surface area contributed by atoms with E-state index in [0.29, 0.717) is 13.1 Å². The minimum Gasteiger partial charge on any atom is -0.389 e. The van der Waals surface area contributed by atoms with E-state index in [0.717, 1.165) is 35.0 Å². The van der Waals surface area contributed by atoms with Crippen molar-refractivity contribution in [3.8, 4) is 0 Å². The van der Waals surface area contributed by atoms with E-state index in [9.17, 15) is 5.11 Å². The van der Waals surface area contributed by atoms with Crippen molar-refractivity contribution in [1.29, 1.82) is 0 Å². The number of para-hydroxylation sites is 1. The van der Waals surface area contributed by atoms with Crippen molar-refractivity contribution in [2.75, 3.05) is 0 Å². The number of aryl methyl sites for hydroxylation is 3. The van der Waals surface area contributed by atoms with E-state index in [-0.39, 0.29) is 0 Å². The van der Waals surface area contributed by atoms with Gasteiger partial charge in [-0.15, -0.1) is 0 Å². The first-order valence-corrected chi connectivity index (χ1v) is 9.27. The molecule has 1 aromatic carbocycles. The topological polar surface area (TPSA) is 55.9 Å². The predicted octanol–water partition coefficient (Wildman–Crippen LogP) is 3.44. The zero-order chi connectivity index (χ0) is 17.6. The molecule has 3 aromatic rings. The number of nitrogens with zero attached hydrogens (tertiary/aromatic N) is 4. The van der Waals surface area contributed by atoms with Crippen molar-refractivity contribution < 1.29 is 5.11 Å². The average molecular weight is 359 g/mol. The van der Waals surface area contributed by atoms with Gasteiger partial charge >= 0.3 is 0 Å². The highest BCUT2D eigenvalue weighted by Crippen LogP contribution is 2.35. The van der Waals surface area contributed by atoms with Crippen LogP contribution in [0, 0.1) is 13.8 Å². The third kappa shape index (κ3) is 2.96. The van der Waals surface area contributed by atoms with E-state index in [1.807, 2.05) is 26.0 Å². The molecule has 0 saturated carbocycles. The lowest BCUT2D eigenvalue weighted by Crippen LogP contribution is -2.25. The van der Waals surface area contributed by atoms with Crippen LogP contribution in [0.2, 0.25) is 5.02 Å². The summed E-state index contributed by atoms with van der Waals surface area (Å²) in [5, 5.41) is 17.1. The number of aliphatic hydroxyl groups excluding tert-OH is 1. The van der Waals surface area contributed by atoms with Crippen LogP contribution in [-0.4, -0.2) is 30.5 Å². The van der Waals surface area contributed by atoms with Crippen molar-refractivity contribution in [3.05, 3.63) is 46.1 Å². The Morgan fingerprint density at radius 1 is 1.20 bits per heavy atom. The molecular weight excluding hydrogens is 336 g/mol. The summed E-state index contributed by atoms with van der Waals surface area (Å²) < 4.78 is 4.01. The molecule has 25 heavy (non-hydrogen) atoms. The number of benzene rings is 1. The van der Waals surface area contributed by atoms with Gasteiger partial charge in [-0.2, -0.15) is 5.10 Å². The van der Waals surface area contributed by atoms with Crippen LogP contribution in [0.1, 0.15) is 35.7 Å². The molecule has 2 aromatic heterocycles. The number of rotatable bonds is 4. The number of halogens is 1. The largest absolute Gasteiger partial charge is 0.389 e. The molecule has 5 nitrogen and oxygen atoms in total. The van der Waals surface area contributed by atoms with Gasteiger partial charge in [0.2, 0.25) is 0 Å². The Morgan fingerprint density at radius 3 is 2.76 bits per heavy atom. The summed E-state index contributed by atoms with van der Waals surface area (Å²) in [6.07, 6.45) is 4.01. The Bertz CT molecular complexity index is 927. The Morgan fingerprint density at radius 2 is 2.00 bits per heavy atom. The van der Waals surface area contributed by atoms with E-state index in [1.54, 1.807) is 4.68 Å². The maximum atomic E-state index is 10.7. The van der Waals surface area contributed by atoms with Gasteiger partial charge in [0.15, 0.2) is 0 Å². The minimum atomic E-state index is -0.544. The highest BCUT2D eigenvalue weighted by atomic mass is 35.5. The molecule has 0 aliphatic heterocycles. The van der Waals surface area contributed by atoms with Crippen LogP contribution in [-0.2, 0) is 25.9 Å². The summed E-state index contributed by atoms with van der Waals surface area (Å²) in [6, 6.07) is 6.10. The van der Waals surface area contributed by atoms with Crippen LogP contribution < -0.4 is 0 Å². The van der Waals surface area contributed by atoms with E-state index in [2.05, 4.69) is 20.7 Å². The Kier molecular flexibility index (Phi) is 4.29. The van der Waals surface area contributed by atoms with Gasteiger partial charge in [-0.05, 0) is 51.2 Å². The lowest BCUT2D eigenvalue weighted by atomic mass is 9.95. The van der Waals surface area contributed by atoms with Gasteiger partial charge in [0, 0.05) is 11.1 Å². The molecule has 1 aliphatic rings. The van der Waals surface area contributed by atoms with E-state index in [1.165, 1.54) is 29.5 Å². The lowest BCUT2D eigenvalue weighted by molar-refractivity contribution is 0.129. The van der Waals surface area contributed by atoms with Crippen molar-refractivity contribution in [2.45, 2.75) is 58.7 Å². The molecule has 2 heterocycles. The monoisotopic (exact) mass is 358 g/mol. The average Bonchev–Trinajstić information content (AvgIpc) is 3.06. The first-order valence-electron chi connectivity index (χ1n) is 8.89. The summed E-state index contributed by atoms with van der Waals surface area (Å²) in [4.78, 5) is 4.31. The van der Waals surface area contributed by atoms with Gasteiger partial charge < -0.3 is 9.67 Å². The van der Waals surface area contributed by atoms with Crippen molar-refractivity contribution in [1.82, 2.24) is 19.3 Å². The van der Waals surface area contributed by atoms with E-state index >= 15 is 0 Å². The second-order valence-electron chi connectivity index (χ2n) is 6.92. The molecule has 0 bridgehead atoms. The highest BCUT2D eigenvalue weighted by molar-refractivity contribution is 6.35. The van der Waals surface area contributed by atoms with Crippen molar-refractivity contribution in [3.63, 3.8) is 0 Å². The standard InChI is InChI=1S/C19H23ClN4O/c1-12-21-13(2)24(22-12)11-14(25)10-23-18-9-4-3-6-15(18)16-7-5-8-17(20)19(16)23/h5,7-8,14,25H,3-4,6,9-11H2,1-2H3/t14-/m1/s1. The maximum absolute atomic E-state index is 10.7. The van der Waals surface area contributed by atoms with E-state index in [4.69, 9.17) is 11.6 Å². The fourth-order valence-electron chi connectivity index (χ4n) is 4.05. The first-order chi connectivity index (χ1) is 12.0. The van der Waals surface area contributed by atoms with Gasteiger partial charge in [0.1, 0.15) is 11.6 Å². The first kappa shape index (κ1) is 16.6. The summed E-state index contributed by atoms with van der Waals surface area (Å²) in [6.45, 7) is 4.74. The normalized spacial score (nSPS) is 15.5. The molecule has 0 saturated heterocycles. The van der Waals surface area contributed by atoms with Crippen LogP contribution in [0.15, 0.2) is 18.2 Å². The van der Waals surface area contributed by atoms with Crippen molar-refractivity contribution in [2.24, 2.45) is 0 Å². The molecule has 0 amide bonds. The van der Waals surface area contributed by atoms with Gasteiger partial charge in [-0.1, -0.05) is 23.7 Å². The number of fused-ring (bicyclic) bond motifs is 3. The Labute approximate surface area is 152 Å².